The molecule has 4 nitrogen and oxygen atoms in total. The molecular weight excluding hydrogens is 437 g/mol. The van der Waals surface area contributed by atoms with Crippen molar-refractivity contribution in [3.63, 3.8) is 0 Å². The molecule has 2 atom stereocenters. The topological polar surface area (TPSA) is 58.2 Å². The highest BCUT2D eigenvalue weighted by molar-refractivity contribution is 6.53. The van der Waals surface area contributed by atoms with Crippen molar-refractivity contribution in [1.82, 2.24) is 5.32 Å². The molecule has 0 radical (unpaired) electrons. The summed E-state index contributed by atoms with van der Waals surface area (Å²) in [6, 6.07) is 9.01. The molecule has 0 aliphatic heterocycles. The lowest BCUT2D eigenvalue weighted by Gasteiger charge is -2.08. The summed E-state index contributed by atoms with van der Waals surface area (Å²) in [5.74, 6) is -2.06. The van der Waals surface area contributed by atoms with Gasteiger partial charge in [0.25, 0.3) is 0 Å². The number of carbonyl (C=O) groups is 2. The predicted octanol–water partition coefficient (Wildman–Crippen LogP) is 4.90. The van der Waals surface area contributed by atoms with Crippen molar-refractivity contribution in [3.8, 4) is 0 Å². The Bertz CT molecular complexity index is 907. The Labute approximate surface area is 174 Å². The number of carbonyl (C=O) groups excluding carboxylic acids is 2. The van der Waals surface area contributed by atoms with Gasteiger partial charge < -0.3 is 10.6 Å². The summed E-state index contributed by atoms with van der Waals surface area (Å²) in [7, 11) is 0. The highest BCUT2D eigenvalue weighted by atomic mass is 35.5. The van der Waals surface area contributed by atoms with Crippen LogP contribution in [-0.4, -0.2) is 16.7 Å². The molecule has 1 fully saturated rings. The van der Waals surface area contributed by atoms with Gasteiger partial charge in [-0.05, 0) is 35.9 Å². The molecule has 0 bridgehead atoms. The van der Waals surface area contributed by atoms with Crippen molar-refractivity contribution in [2.75, 3.05) is 5.32 Å². The Hall–Kier alpha value is -1.53. The average molecular weight is 450 g/mol. The highest BCUT2D eigenvalue weighted by Crippen LogP contribution is 2.65. The molecule has 142 valence electrons. The van der Waals surface area contributed by atoms with Crippen LogP contribution in [0.25, 0.3) is 0 Å². The average Bonchev–Trinajstić information content (AvgIpc) is 3.20. The zero-order valence-electron chi connectivity index (χ0n) is 13.6. The quantitative estimate of drug-likeness (QED) is 0.486. The van der Waals surface area contributed by atoms with Crippen molar-refractivity contribution in [2.24, 2.45) is 5.92 Å². The van der Waals surface area contributed by atoms with Gasteiger partial charge >= 0.3 is 0 Å². The number of amides is 2. The van der Waals surface area contributed by atoms with Crippen molar-refractivity contribution in [3.05, 3.63) is 63.4 Å². The molecule has 3 rings (SSSR count). The molecule has 27 heavy (non-hydrogen) atoms. The number of nitrogens with one attached hydrogen (secondary N) is 2. The zero-order valence-corrected chi connectivity index (χ0v) is 16.6. The van der Waals surface area contributed by atoms with Gasteiger partial charge in [0.05, 0.1) is 16.0 Å². The number of anilines is 1. The van der Waals surface area contributed by atoms with Gasteiger partial charge in [-0.25, -0.2) is 4.39 Å². The van der Waals surface area contributed by atoms with Crippen LogP contribution in [0.2, 0.25) is 10.0 Å². The molecule has 0 spiro atoms. The van der Waals surface area contributed by atoms with Crippen LogP contribution in [0.5, 0.6) is 0 Å². The molecule has 2 aromatic carbocycles. The minimum absolute atomic E-state index is 0.00329. The number of rotatable bonds is 6. The van der Waals surface area contributed by atoms with Crippen LogP contribution in [0.3, 0.4) is 0 Å². The second-order valence-corrected chi connectivity index (χ2v) is 8.36. The number of hydrogen-bond donors (Lipinski definition) is 2. The minimum Gasteiger partial charge on any atom is -0.354 e. The molecule has 1 aliphatic carbocycles. The molecule has 0 heterocycles. The standard InChI is InChI=1S/C18H13Cl4FN2O2/c19-12-3-1-9(6-13(12)20)15-16(18(15,21)22)17(27)25-11-2-4-14(23)10(5-11)7-24-8-26/h1-6,8,15-16H,7H2,(H,24,26)(H,25,27). The van der Waals surface area contributed by atoms with E-state index in [-0.39, 0.29) is 12.1 Å². The van der Waals surface area contributed by atoms with E-state index in [0.29, 0.717) is 27.7 Å². The highest BCUT2D eigenvalue weighted by Gasteiger charge is 2.67. The first kappa shape index (κ1) is 20.2. The number of hydrogen-bond acceptors (Lipinski definition) is 2. The van der Waals surface area contributed by atoms with Crippen LogP contribution in [0.1, 0.15) is 17.0 Å². The van der Waals surface area contributed by atoms with Gasteiger partial charge in [-0.2, -0.15) is 0 Å². The van der Waals surface area contributed by atoms with Gasteiger partial charge in [0, 0.05) is 23.7 Å². The summed E-state index contributed by atoms with van der Waals surface area (Å²) < 4.78 is 12.5. The van der Waals surface area contributed by atoms with Crippen LogP contribution < -0.4 is 10.6 Å². The SMILES string of the molecule is O=CNCc1cc(NC(=O)C2C(c3ccc(Cl)c(Cl)c3)C2(Cl)Cl)ccc1F. The van der Waals surface area contributed by atoms with Crippen molar-refractivity contribution < 1.29 is 14.0 Å². The number of halogens is 5. The lowest BCUT2D eigenvalue weighted by Crippen LogP contribution is -2.18. The van der Waals surface area contributed by atoms with E-state index in [1.165, 1.54) is 18.2 Å². The lowest BCUT2D eigenvalue weighted by atomic mass is 10.1. The van der Waals surface area contributed by atoms with E-state index in [1.54, 1.807) is 18.2 Å². The number of benzene rings is 2. The summed E-state index contributed by atoms with van der Waals surface area (Å²) in [6.45, 7) is 0.00329. The maximum absolute atomic E-state index is 13.7. The van der Waals surface area contributed by atoms with Gasteiger partial charge in [0.1, 0.15) is 10.2 Å². The normalized spacial score (nSPS) is 20.0. The van der Waals surface area contributed by atoms with E-state index < -0.39 is 27.9 Å². The van der Waals surface area contributed by atoms with E-state index >= 15 is 0 Å². The van der Waals surface area contributed by atoms with E-state index in [9.17, 15) is 14.0 Å². The lowest BCUT2D eigenvalue weighted by molar-refractivity contribution is -0.117. The van der Waals surface area contributed by atoms with E-state index in [4.69, 9.17) is 46.4 Å². The fourth-order valence-corrected chi connectivity index (χ4v) is 4.07. The van der Waals surface area contributed by atoms with E-state index in [1.807, 2.05) is 0 Å². The van der Waals surface area contributed by atoms with E-state index in [2.05, 4.69) is 10.6 Å². The van der Waals surface area contributed by atoms with Crippen LogP contribution in [0, 0.1) is 11.7 Å². The molecule has 2 amide bonds. The Kier molecular flexibility index (Phi) is 5.87. The van der Waals surface area contributed by atoms with Crippen LogP contribution in [0.15, 0.2) is 36.4 Å². The Morgan fingerprint density at radius 3 is 2.56 bits per heavy atom. The maximum atomic E-state index is 13.7. The summed E-state index contributed by atoms with van der Waals surface area (Å²) >= 11 is 24.5. The Morgan fingerprint density at radius 2 is 1.89 bits per heavy atom. The van der Waals surface area contributed by atoms with Gasteiger partial charge in [-0.3, -0.25) is 9.59 Å². The first-order valence-electron chi connectivity index (χ1n) is 7.84. The van der Waals surface area contributed by atoms with Crippen molar-refractivity contribution in [2.45, 2.75) is 16.8 Å². The summed E-state index contributed by atoms with van der Waals surface area (Å²) in [6.07, 6.45) is 0.464. The third-order valence-corrected chi connectivity index (χ3v) is 6.01. The molecule has 9 heteroatoms. The van der Waals surface area contributed by atoms with Crippen LogP contribution in [0.4, 0.5) is 10.1 Å². The molecule has 1 aliphatic rings. The Morgan fingerprint density at radius 1 is 1.15 bits per heavy atom. The molecule has 2 N–H and O–H groups in total. The van der Waals surface area contributed by atoms with Gasteiger partial charge in [0.15, 0.2) is 0 Å². The molecule has 0 aromatic heterocycles. The fourth-order valence-electron chi connectivity index (χ4n) is 2.93. The zero-order chi connectivity index (χ0) is 19.8. The van der Waals surface area contributed by atoms with Crippen LogP contribution in [-0.2, 0) is 16.1 Å². The smallest absolute Gasteiger partial charge is 0.231 e. The van der Waals surface area contributed by atoms with Crippen molar-refractivity contribution in [1.29, 1.82) is 0 Å². The summed E-state index contributed by atoms with van der Waals surface area (Å²) in [5, 5.41) is 5.78. The fraction of sp³-hybridized carbons (Fsp3) is 0.222. The Balaban J connectivity index is 1.76. The summed E-state index contributed by atoms with van der Waals surface area (Å²) in [4.78, 5) is 23.0. The monoisotopic (exact) mass is 448 g/mol. The first-order chi connectivity index (χ1) is 12.8. The van der Waals surface area contributed by atoms with Gasteiger partial charge in [-0.1, -0.05) is 29.3 Å². The van der Waals surface area contributed by atoms with Gasteiger partial charge in [-0.15, -0.1) is 23.2 Å². The third-order valence-electron chi connectivity index (χ3n) is 4.33. The first-order valence-corrected chi connectivity index (χ1v) is 9.36. The molecule has 2 unspecified atom stereocenters. The molecular formula is C18H13Cl4FN2O2. The predicted molar refractivity (Wildman–Crippen MR) is 105 cm³/mol. The maximum Gasteiger partial charge on any atom is 0.231 e. The molecule has 0 saturated heterocycles. The van der Waals surface area contributed by atoms with Gasteiger partial charge in [0.2, 0.25) is 12.3 Å². The third kappa shape index (κ3) is 4.16. The molecule has 1 saturated carbocycles. The van der Waals surface area contributed by atoms with Crippen LogP contribution >= 0.6 is 46.4 Å². The number of alkyl halides is 2. The van der Waals surface area contributed by atoms with E-state index in [0.717, 1.165) is 0 Å². The molecule has 2 aromatic rings. The summed E-state index contributed by atoms with van der Waals surface area (Å²) in [5.41, 5.74) is 1.30. The largest absolute Gasteiger partial charge is 0.354 e. The second-order valence-electron chi connectivity index (χ2n) is 6.10. The van der Waals surface area contributed by atoms with Crippen molar-refractivity contribution >= 4 is 64.4 Å². The minimum atomic E-state index is -1.29. The second kappa shape index (κ2) is 7.84.